The molecule has 0 aromatic rings. The van der Waals surface area contributed by atoms with Gasteiger partial charge in [0.2, 0.25) is 0 Å². The van der Waals surface area contributed by atoms with Gasteiger partial charge in [-0.1, -0.05) is 211 Å². The van der Waals surface area contributed by atoms with Crippen LogP contribution in [0.3, 0.4) is 0 Å². The molecule has 58 heavy (non-hydrogen) atoms. The number of esters is 3. The van der Waals surface area contributed by atoms with Crippen LogP contribution in [0.5, 0.6) is 0 Å². The zero-order valence-electron chi connectivity index (χ0n) is 38.6. The number of carbonyl (C=O) groups is 3. The largest absolute Gasteiger partial charge is 0.462 e. The Morgan fingerprint density at radius 1 is 0.362 bits per heavy atom. The number of hydrogen-bond acceptors (Lipinski definition) is 6. The molecule has 0 rings (SSSR count). The number of ether oxygens (including phenoxy) is 3. The maximum Gasteiger partial charge on any atom is 0.306 e. The predicted octanol–water partition coefficient (Wildman–Crippen LogP) is 16.1. The SMILES string of the molecule is CC/C=C\C/C=C\CCCCCCCC(=O)OC(COC(=O)CCC/C=C\CCCCCC)COC(=O)CCCCCCCCCCCCCCCCCCCCC. The summed E-state index contributed by atoms with van der Waals surface area (Å²) in [4.78, 5) is 37.8. The van der Waals surface area contributed by atoms with E-state index in [1.807, 2.05) is 0 Å². The van der Waals surface area contributed by atoms with Crippen LogP contribution >= 0.6 is 0 Å². The summed E-state index contributed by atoms with van der Waals surface area (Å²) in [6.07, 6.45) is 54.3. The van der Waals surface area contributed by atoms with Gasteiger partial charge in [-0.25, -0.2) is 0 Å². The molecule has 0 aromatic heterocycles. The molecular weight excluding hydrogens is 721 g/mol. The molecule has 0 aliphatic heterocycles. The molecule has 0 radical (unpaired) electrons. The molecule has 0 aliphatic rings. The Hall–Kier alpha value is -2.37. The van der Waals surface area contributed by atoms with Crippen LogP contribution < -0.4 is 0 Å². The van der Waals surface area contributed by atoms with E-state index in [1.54, 1.807) is 0 Å². The molecule has 0 fully saturated rings. The van der Waals surface area contributed by atoms with E-state index < -0.39 is 6.10 Å². The smallest absolute Gasteiger partial charge is 0.306 e. The Kier molecular flexibility index (Phi) is 45.4. The van der Waals surface area contributed by atoms with Gasteiger partial charge in [-0.15, -0.1) is 0 Å². The minimum atomic E-state index is -0.785. The van der Waals surface area contributed by atoms with Crippen molar-refractivity contribution < 1.29 is 28.6 Å². The van der Waals surface area contributed by atoms with Crippen molar-refractivity contribution in [2.45, 2.75) is 264 Å². The van der Waals surface area contributed by atoms with Crippen LogP contribution in [0.4, 0.5) is 0 Å². The van der Waals surface area contributed by atoms with Gasteiger partial charge in [-0.2, -0.15) is 0 Å². The van der Waals surface area contributed by atoms with Crippen molar-refractivity contribution in [3.63, 3.8) is 0 Å². The van der Waals surface area contributed by atoms with Crippen molar-refractivity contribution in [2.24, 2.45) is 0 Å². The number of unbranched alkanes of at least 4 members (excludes halogenated alkanes) is 28. The zero-order valence-corrected chi connectivity index (χ0v) is 38.6. The van der Waals surface area contributed by atoms with E-state index in [9.17, 15) is 14.4 Å². The maximum absolute atomic E-state index is 12.7. The second-order valence-electron chi connectivity index (χ2n) is 16.7. The highest BCUT2D eigenvalue weighted by Gasteiger charge is 2.19. The molecule has 0 amide bonds. The van der Waals surface area contributed by atoms with Gasteiger partial charge in [0.25, 0.3) is 0 Å². The lowest BCUT2D eigenvalue weighted by molar-refractivity contribution is -0.167. The lowest BCUT2D eigenvalue weighted by Crippen LogP contribution is -2.30. The van der Waals surface area contributed by atoms with Crippen molar-refractivity contribution in [3.8, 4) is 0 Å². The summed E-state index contributed by atoms with van der Waals surface area (Å²) in [5.41, 5.74) is 0. The molecule has 0 heterocycles. The molecule has 0 bridgehead atoms. The standard InChI is InChI=1S/C52H94O6/c1-4-7-10-13-16-19-21-23-24-25-26-27-28-29-31-33-36-39-42-45-51(54)57-48-49(47-56-50(53)44-41-38-35-32-18-15-12-9-6-3)58-52(55)46-43-40-37-34-30-22-20-17-14-11-8-5-2/h8,11,17,20,32,35,49H,4-7,9-10,12-16,18-19,21-31,33-34,36-48H2,1-3H3/b11-8-,20-17-,35-32-. The Balaban J connectivity index is 4.26. The molecule has 0 saturated heterocycles. The number of allylic oxidation sites excluding steroid dienone is 6. The molecule has 0 saturated carbocycles. The van der Waals surface area contributed by atoms with Crippen LogP contribution in [0.2, 0.25) is 0 Å². The zero-order chi connectivity index (χ0) is 42.3. The van der Waals surface area contributed by atoms with Gasteiger partial charge >= 0.3 is 17.9 Å². The molecule has 1 atom stereocenters. The fraction of sp³-hybridized carbons (Fsp3) is 0.827. The van der Waals surface area contributed by atoms with Crippen molar-refractivity contribution in [2.75, 3.05) is 13.2 Å². The van der Waals surface area contributed by atoms with Crippen LogP contribution in [0.1, 0.15) is 258 Å². The summed E-state index contributed by atoms with van der Waals surface area (Å²) in [7, 11) is 0. The molecular formula is C52H94O6. The van der Waals surface area contributed by atoms with E-state index in [0.29, 0.717) is 19.3 Å². The molecule has 338 valence electrons. The molecule has 0 aromatic carbocycles. The van der Waals surface area contributed by atoms with Gasteiger partial charge in [0.15, 0.2) is 6.10 Å². The van der Waals surface area contributed by atoms with Crippen molar-refractivity contribution in [1.29, 1.82) is 0 Å². The summed E-state index contributed by atoms with van der Waals surface area (Å²) in [5.74, 6) is -0.929. The van der Waals surface area contributed by atoms with Crippen LogP contribution in [0, 0.1) is 0 Å². The lowest BCUT2D eigenvalue weighted by atomic mass is 10.0. The minimum Gasteiger partial charge on any atom is -0.462 e. The van der Waals surface area contributed by atoms with Gasteiger partial charge in [0.1, 0.15) is 13.2 Å². The lowest BCUT2D eigenvalue weighted by Gasteiger charge is -2.18. The average molecular weight is 815 g/mol. The number of rotatable bonds is 45. The first-order valence-corrected chi connectivity index (χ1v) is 25.0. The van der Waals surface area contributed by atoms with Gasteiger partial charge in [-0.05, 0) is 64.2 Å². The maximum atomic E-state index is 12.7. The van der Waals surface area contributed by atoms with Gasteiger partial charge in [0.05, 0.1) is 0 Å². The van der Waals surface area contributed by atoms with E-state index in [1.165, 1.54) is 128 Å². The Morgan fingerprint density at radius 3 is 1.14 bits per heavy atom. The van der Waals surface area contributed by atoms with Crippen LogP contribution in [0.25, 0.3) is 0 Å². The Morgan fingerprint density at radius 2 is 0.690 bits per heavy atom. The monoisotopic (exact) mass is 815 g/mol. The minimum absolute atomic E-state index is 0.0838. The van der Waals surface area contributed by atoms with Crippen molar-refractivity contribution >= 4 is 17.9 Å². The van der Waals surface area contributed by atoms with E-state index in [2.05, 4.69) is 57.2 Å². The highest BCUT2D eigenvalue weighted by Crippen LogP contribution is 2.16. The highest BCUT2D eigenvalue weighted by atomic mass is 16.6. The molecule has 6 nitrogen and oxygen atoms in total. The van der Waals surface area contributed by atoms with Gasteiger partial charge in [0, 0.05) is 19.3 Å². The van der Waals surface area contributed by atoms with Gasteiger partial charge in [-0.3, -0.25) is 14.4 Å². The normalized spacial score (nSPS) is 12.3. The van der Waals surface area contributed by atoms with Crippen molar-refractivity contribution in [1.82, 2.24) is 0 Å². The fourth-order valence-electron chi connectivity index (χ4n) is 7.13. The third-order valence-electron chi connectivity index (χ3n) is 10.9. The summed E-state index contributed by atoms with van der Waals surface area (Å²) >= 11 is 0. The van der Waals surface area contributed by atoms with E-state index in [-0.39, 0.29) is 31.1 Å². The number of hydrogen-bond donors (Lipinski definition) is 0. The third kappa shape index (κ3) is 44.7. The molecule has 0 spiro atoms. The second kappa shape index (κ2) is 47.3. The molecule has 0 N–H and O–H groups in total. The van der Waals surface area contributed by atoms with E-state index in [0.717, 1.165) is 89.9 Å². The van der Waals surface area contributed by atoms with Crippen LogP contribution in [0.15, 0.2) is 36.5 Å². The summed E-state index contributed by atoms with van der Waals surface area (Å²) in [5, 5.41) is 0. The molecule has 6 heteroatoms. The Labute approximate surface area is 359 Å². The van der Waals surface area contributed by atoms with Crippen molar-refractivity contribution in [3.05, 3.63) is 36.5 Å². The van der Waals surface area contributed by atoms with E-state index >= 15 is 0 Å². The predicted molar refractivity (Wildman–Crippen MR) is 247 cm³/mol. The molecule has 1 unspecified atom stereocenters. The summed E-state index contributed by atoms with van der Waals surface area (Å²) in [6.45, 7) is 6.47. The van der Waals surface area contributed by atoms with Gasteiger partial charge < -0.3 is 14.2 Å². The topological polar surface area (TPSA) is 78.9 Å². The summed E-state index contributed by atoms with van der Waals surface area (Å²) < 4.78 is 16.7. The first-order chi connectivity index (χ1) is 28.5. The van der Waals surface area contributed by atoms with Crippen LogP contribution in [-0.4, -0.2) is 37.2 Å². The first-order valence-electron chi connectivity index (χ1n) is 25.0. The third-order valence-corrected chi connectivity index (χ3v) is 10.9. The van der Waals surface area contributed by atoms with E-state index in [4.69, 9.17) is 14.2 Å². The Bertz CT molecular complexity index is 984. The molecule has 0 aliphatic carbocycles. The average Bonchev–Trinajstić information content (AvgIpc) is 3.22. The highest BCUT2D eigenvalue weighted by molar-refractivity contribution is 5.71. The van der Waals surface area contributed by atoms with Crippen LogP contribution in [-0.2, 0) is 28.6 Å². The quantitative estimate of drug-likeness (QED) is 0.0264. The summed E-state index contributed by atoms with van der Waals surface area (Å²) in [6, 6.07) is 0. The first kappa shape index (κ1) is 55.6. The fourth-order valence-corrected chi connectivity index (χ4v) is 7.13. The number of carbonyl (C=O) groups excluding carboxylic acids is 3. The second-order valence-corrected chi connectivity index (χ2v) is 16.7.